The van der Waals surface area contributed by atoms with Crippen LogP contribution in [0.4, 0.5) is 30.2 Å². The number of alkyl halides is 3. The molecule has 1 saturated heterocycles. The zero-order valence-corrected chi connectivity index (χ0v) is 14.7. The minimum atomic E-state index is -4.92. The highest BCUT2D eigenvalue weighted by molar-refractivity contribution is 5.76. The zero-order valence-electron chi connectivity index (χ0n) is 14.7. The van der Waals surface area contributed by atoms with Crippen molar-refractivity contribution in [2.75, 3.05) is 18.0 Å². The minimum absolute atomic E-state index is 0.282. The molecule has 144 valence electrons. The van der Waals surface area contributed by atoms with Gasteiger partial charge in [0.25, 0.3) is 11.4 Å². The van der Waals surface area contributed by atoms with E-state index in [1.807, 2.05) is 20.8 Å². The summed E-state index contributed by atoms with van der Waals surface area (Å²) in [6.07, 6.45) is -3.47. The summed E-state index contributed by atoms with van der Waals surface area (Å²) in [4.78, 5) is 22.3. The van der Waals surface area contributed by atoms with Crippen LogP contribution in [0.2, 0.25) is 0 Å². The molecule has 0 bridgehead atoms. The average molecular weight is 375 g/mol. The lowest BCUT2D eigenvalue weighted by molar-refractivity contribution is -0.393. The van der Waals surface area contributed by atoms with Gasteiger partial charge in [0.15, 0.2) is 5.69 Å². The Balaban J connectivity index is 2.69. The van der Waals surface area contributed by atoms with E-state index in [2.05, 4.69) is 0 Å². The predicted molar refractivity (Wildman–Crippen MR) is 89.1 cm³/mol. The van der Waals surface area contributed by atoms with E-state index in [0.717, 1.165) is 6.42 Å². The van der Waals surface area contributed by atoms with Gasteiger partial charge < -0.3 is 4.90 Å². The Morgan fingerprint density at radius 2 is 1.65 bits per heavy atom. The molecule has 0 saturated carbocycles. The third-order valence-corrected chi connectivity index (χ3v) is 4.52. The quantitative estimate of drug-likeness (QED) is 0.560. The first kappa shape index (κ1) is 19.9. The van der Waals surface area contributed by atoms with E-state index in [0.29, 0.717) is 31.0 Å². The second-order valence-corrected chi connectivity index (χ2v) is 7.56. The predicted octanol–water partition coefficient (Wildman–Crippen LogP) is 4.78. The SMILES string of the molecule is CC1CCN(c2c([N+](=O)[O-])cc(C(F)(F)F)cc2[N+](=O)[O-])CC(C)(C)C1. The fourth-order valence-electron chi connectivity index (χ4n) is 3.64. The lowest BCUT2D eigenvalue weighted by Gasteiger charge is -2.31. The van der Waals surface area contributed by atoms with Crippen molar-refractivity contribution in [3.05, 3.63) is 37.9 Å². The van der Waals surface area contributed by atoms with Crippen molar-refractivity contribution in [2.45, 2.75) is 39.8 Å². The van der Waals surface area contributed by atoms with Gasteiger partial charge in [-0.3, -0.25) is 20.2 Å². The molecule has 26 heavy (non-hydrogen) atoms. The fraction of sp³-hybridized carbons (Fsp3) is 0.625. The zero-order chi connectivity index (χ0) is 19.9. The van der Waals surface area contributed by atoms with Crippen molar-refractivity contribution in [1.29, 1.82) is 0 Å². The molecule has 1 aromatic carbocycles. The molecule has 0 radical (unpaired) electrons. The maximum Gasteiger partial charge on any atom is 0.416 e. The maximum atomic E-state index is 13.0. The smallest absolute Gasteiger partial charge is 0.360 e. The topological polar surface area (TPSA) is 89.5 Å². The van der Waals surface area contributed by atoms with E-state index in [4.69, 9.17) is 0 Å². The molecule has 10 heteroatoms. The number of nitrogens with zero attached hydrogens (tertiary/aromatic N) is 3. The lowest BCUT2D eigenvalue weighted by Crippen LogP contribution is -2.33. The van der Waals surface area contributed by atoms with Gasteiger partial charge in [-0.2, -0.15) is 13.2 Å². The van der Waals surface area contributed by atoms with E-state index >= 15 is 0 Å². The van der Waals surface area contributed by atoms with Crippen LogP contribution in [0.15, 0.2) is 12.1 Å². The van der Waals surface area contributed by atoms with E-state index in [1.54, 1.807) is 0 Å². The minimum Gasteiger partial charge on any atom is -0.360 e. The molecule has 1 unspecified atom stereocenters. The van der Waals surface area contributed by atoms with Gasteiger partial charge in [-0.1, -0.05) is 20.8 Å². The van der Waals surface area contributed by atoms with Crippen molar-refractivity contribution in [3.8, 4) is 0 Å². The molecule has 1 heterocycles. The fourth-order valence-corrected chi connectivity index (χ4v) is 3.64. The van der Waals surface area contributed by atoms with Crippen LogP contribution in [0.25, 0.3) is 0 Å². The molecule has 1 aliphatic rings. The number of hydrogen-bond acceptors (Lipinski definition) is 5. The summed E-state index contributed by atoms with van der Waals surface area (Å²) in [6, 6.07) is 0.757. The van der Waals surface area contributed by atoms with Crippen molar-refractivity contribution in [1.82, 2.24) is 0 Å². The Morgan fingerprint density at radius 1 is 1.15 bits per heavy atom. The van der Waals surface area contributed by atoms with Crippen LogP contribution >= 0.6 is 0 Å². The van der Waals surface area contributed by atoms with Gasteiger partial charge in [0.05, 0.1) is 15.4 Å². The summed E-state index contributed by atoms with van der Waals surface area (Å²) in [5.41, 5.74) is -3.83. The monoisotopic (exact) mass is 375 g/mol. The van der Waals surface area contributed by atoms with Crippen LogP contribution in [0.1, 0.15) is 39.2 Å². The van der Waals surface area contributed by atoms with E-state index in [9.17, 15) is 33.4 Å². The lowest BCUT2D eigenvalue weighted by atomic mass is 9.83. The summed E-state index contributed by atoms with van der Waals surface area (Å²) in [6.45, 7) is 6.47. The second-order valence-electron chi connectivity index (χ2n) is 7.56. The summed E-state index contributed by atoms with van der Waals surface area (Å²) in [7, 11) is 0. The summed E-state index contributed by atoms with van der Waals surface area (Å²) >= 11 is 0. The van der Waals surface area contributed by atoms with Crippen molar-refractivity contribution < 1.29 is 23.0 Å². The number of rotatable bonds is 3. The van der Waals surface area contributed by atoms with E-state index in [-0.39, 0.29) is 17.6 Å². The van der Waals surface area contributed by atoms with E-state index in [1.165, 1.54) is 4.90 Å². The normalized spacial score (nSPS) is 20.5. The molecule has 7 nitrogen and oxygen atoms in total. The Labute approximate surface area is 148 Å². The first-order chi connectivity index (χ1) is 11.8. The van der Waals surface area contributed by atoms with Crippen LogP contribution in [0.3, 0.4) is 0 Å². The van der Waals surface area contributed by atoms with Crippen molar-refractivity contribution in [3.63, 3.8) is 0 Å². The molecule has 1 atom stereocenters. The number of halogens is 3. The highest BCUT2D eigenvalue weighted by Gasteiger charge is 2.40. The van der Waals surface area contributed by atoms with Crippen LogP contribution in [-0.2, 0) is 6.18 Å². The average Bonchev–Trinajstić information content (AvgIpc) is 2.61. The van der Waals surface area contributed by atoms with Crippen LogP contribution < -0.4 is 4.90 Å². The molecule has 0 spiro atoms. The molecule has 1 fully saturated rings. The number of anilines is 1. The summed E-state index contributed by atoms with van der Waals surface area (Å²) < 4.78 is 39.1. The largest absolute Gasteiger partial charge is 0.416 e. The third-order valence-electron chi connectivity index (χ3n) is 4.52. The number of benzene rings is 1. The second kappa shape index (κ2) is 6.73. The molecular formula is C16H20F3N3O4. The van der Waals surface area contributed by atoms with Crippen LogP contribution in [0.5, 0.6) is 0 Å². The van der Waals surface area contributed by atoms with Gasteiger partial charge in [0.1, 0.15) is 0 Å². The Morgan fingerprint density at radius 3 is 2.08 bits per heavy atom. The van der Waals surface area contributed by atoms with Gasteiger partial charge in [-0.25, -0.2) is 0 Å². The molecule has 1 aliphatic heterocycles. The van der Waals surface area contributed by atoms with Gasteiger partial charge in [-0.15, -0.1) is 0 Å². The molecule has 0 aromatic heterocycles. The molecule has 1 aromatic rings. The molecular weight excluding hydrogens is 355 g/mol. The molecule has 2 rings (SSSR count). The standard InChI is InChI=1S/C16H20F3N3O4/c1-10-4-5-20(9-15(2,3)8-10)14-12(21(23)24)6-11(16(17,18)19)7-13(14)22(25)26/h6-7,10H,4-5,8-9H2,1-3H3. The van der Waals surface area contributed by atoms with Crippen molar-refractivity contribution in [2.24, 2.45) is 11.3 Å². The highest BCUT2D eigenvalue weighted by atomic mass is 19.4. The first-order valence-electron chi connectivity index (χ1n) is 8.11. The first-order valence-corrected chi connectivity index (χ1v) is 8.11. The Bertz CT molecular complexity index is 699. The highest BCUT2D eigenvalue weighted by Crippen LogP contribution is 2.45. The Kier molecular flexibility index (Phi) is 5.16. The molecule has 0 aliphatic carbocycles. The summed E-state index contributed by atoms with van der Waals surface area (Å²) in [5.74, 6) is 0.294. The van der Waals surface area contributed by atoms with Crippen LogP contribution in [-0.4, -0.2) is 22.9 Å². The van der Waals surface area contributed by atoms with Crippen LogP contribution in [0, 0.1) is 31.6 Å². The number of nitro benzene ring substituents is 2. The molecule has 0 amide bonds. The van der Waals surface area contributed by atoms with Crippen molar-refractivity contribution >= 4 is 17.1 Å². The van der Waals surface area contributed by atoms with Gasteiger partial charge in [0.2, 0.25) is 0 Å². The van der Waals surface area contributed by atoms with Gasteiger partial charge >= 0.3 is 6.18 Å². The number of hydrogen-bond donors (Lipinski definition) is 0. The van der Waals surface area contributed by atoms with Gasteiger partial charge in [-0.05, 0) is 24.2 Å². The maximum absolute atomic E-state index is 13.0. The third kappa shape index (κ3) is 4.23. The van der Waals surface area contributed by atoms with E-state index < -0.39 is 33.0 Å². The molecule has 0 N–H and O–H groups in total. The Hall–Kier alpha value is -2.39. The summed E-state index contributed by atoms with van der Waals surface area (Å²) in [5, 5.41) is 22.8. The van der Waals surface area contributed by atoms with Gasteiger partial charge in [0, 0.05) is 25.2 Å². The number of nitro groups is 2.